The van der Waals surface area contributed by atoms with Gasteiger partial charge in [-0.15, -0.1) is 0 Å². The highest BCUT2D eigenvalue weighted by molar-refractivity contribution is 7.90. The van der Waals surface area contributed by atoms with Crippen molar-refractivity contribution < 1.29 is 41.0 Å². The highest BCUT2D eigenvalue weighted by atomic mass is 32.2. The van der Waals surface area contributed by atoms with Crippen molar-refractivity contribution in [3.8, 4) is 11.5 Å². The number of rotatable bonds is 9. The fraction of sp³-hybridized carbons (Fsp3) is 0.316. The summed E-state index contributed by atoms with van der Waals surface area (Å²) in [7, 11) is -3.15. The standard InChI is InChI=1S/C19H20F3NO6S/c1-28-15-9-8-13(12-16(15)29-2)10-11-23(30(26,27)19(20,21)22)17(18(24)25)14-6-4-3-5-7-14/h3-9,12,17H,10-11H2,1-2H3,(H,24,25)/t17-/m0/s1. The van der Waals surface area contributed by atoms with Crippen molar-refractivity contribution in [1.82, 2.24) is 4.31 Å². The van der Waals surface area contributed by atoms with E-state index in [1.807, 2.05) is 0 Å². The molecule has 2 aromatic rings. The van der Waals surface area contributed by atoms with E-state index in [0.717, 1.165) is 0 Å². The minimum Gasteiger partial charge on any atom is -0.493 e. The number of alkyl halides is 3. The Hall–Kier alpha value is -2.79. The monoisotopic (exact) mass is 447 g/mol. The van der Waals surface area contributed by atoms with E-state index in [0.29, 0.717) is 17.1 Å². The minimum absolute atomic E-state index is 0.0403. The Balaban J connectivity index is 2.46. The van der Waals surface area contributed by atoms with Crippen molar-refractivity contribution in [2.75, 3.05) is 20.8 Å². The summed E-state index contributed by atoms with van der Waals surface area (Å²) in [5.41, 5.74) is -5.31. The fourth-order valence-electron chi connectivity index (χ4n) is 2.86. The van der Waals surface area contributed by atoms with Crippen LogP contribution in [0.3, 0.4) is 0 Å². The highest BCUT2D eigenvalue weighted by Gasteiger charge is 2.53. The van der Waals surface area contributed by atoms with Gasteiger partial charge in [0, 0.05) is 6.54 Å². The summed E-state index contributed by atoms with van der Waals surface area (Å²) >= 11 is 0. The summed E-state index contributed by atoms with van der Waals surface area (Å²) in [6.07, 6.45) is -0.188. The zero-order valence-corrected chi connectivity index (χ0v) is 16.9. The molecule has 164 valence electrons. The molecule has 0 spiro atoms. The molecule has 0 aliphatic carbocycles. The van der Waals surface area contributed by atoms with Crippen molar-refractivity contribution in [2.45, 2.75) is 18.0 Å². The first-order valence-electron chi connectivity index (χ1n) is 8.59. The normalized spacial score (nSPS) is 13.1. The summed E-state index contributed by atoms with van der Waals surface area (Å²) in [4.78, 5) is 11.8. The van der Waals surface area contributed by atoms with Gasteiger partial charge in [-0.2, -0.15) is 17.5 Å². The number of methoxy groups -OCH3 is 2. The highest BCUT2D eigenvalue weighted by Crippen LogP contribution is 2.34. The molecule has 7 nitrogen and oxygen atoms in total. The SMILES string of the molecule is COc1ccc(CCN([C@H](C(=O)O)c2ccccc2)S(=O)(=O)C(F)(F)F)cc1OC. The molecule has 0 bridgehead atoms. The number of sulfonamides is 1. The maximum atomic E-state index is 13.3. The molecule has 0 heterocycles. The lowest BCUT2D eigenvalue weighted by atomic mass is 10.1. The summed E-state index contributed by atoms with van der Waals surface area (Å²) in [6, 6.07) is 9.36. The third-order valence-electron chi connectivity index (χ3n) is 4.31. The molecule has 1 atom stereocenters. The van der Waals surface area contributed by atoms with Gasteiger partial charge in [-0.25, -0.2) is 8.42 Å². The molecular formula is C19H20F3NO6S. The Kier molecular flexibility index (Phi) is 7.32. The molecule has 0 saturated carbocycles. The van der Waals surface area contributed by atoms with Gasteiger partial charge in [0.2, 0.25) is 0 Å². The minimum atomic E-state index is -5.93. The van der Waals surface area contributed by atoms with E-state index in [9.17, 15) is 31.5 Å². The molecular weight excluding hydrogens is 427 g/mol. The van der Waals surface area contributed by atoms with Crippen LogP contribution in [0.4, 0.5) is 13.2 Å². The average molecular weight is 447 g/mol. The zero-order valence-electron chi connectivity index (χ0n) is 16.1. The van der Waals surface area contributed by atoms with Crippen molar-refractivity contribution in [3.63, 3.8) is 0 Å². The smallest absolute Gasteiger partial charge is 0.493 e. The van der Waals surface area contributed by atoms with E-state index in [2.05, 4.69) is 0 Å². The first-order chi connectivity index (χ1) is 14.0. The third-order valence-corrected chi connectivity index (χ3v) is 5.90. The number of hydrogen-bond acceptors (Lipinski definition) is 5. The van der Waals surface area contributed by atoms with Crippen LogP contribution >= 0.6 is 0 Å². The Morgan fingerprint density at radius 1 is 1.07 bits per heavy atom. The molecule has 0 radical (unpaired) electrons. The van der Waals surface area contributed by atoms with E-state index < -0.39 is 34.1 Å². The molecule has 11 heteroatoms. The van der Waals surface area contributed by atoms with Gasteiger partial charge in [0.15, 0.2) is 11.5 Å². The van der Waals surface area contributed by atoms with Crippen LogP contribution in [-0.4, -0.2) is 50.1 Å². The lowest BCUT2D eigenvalue weighted by Gasteiger charge is -2.29. The van der Waals surface area contributed by atoms with E-state index >= 15 is 0 Å². The van der Waals surface area contributed by atoms with E-state index in [1.54, 1.807) is 0 Å². The average Bonchev–Trinajstić information content (AvgIpc) is 2.70. The van der Waals surface area contributed by atoms with Crippen LogP contribution in [0.25, 0.3) is 0 Å². The molecule has 2 rings (SSSR count). The number of carboxylic acid groups (broad SMARTS) is 1. The lowest BCUT2D eigenvalue weighted by molar-refractivity contribution is -0.142. The molecule has 0 fully saturated rings. The predicted octanol–water partition coefficient (Wildman–Crippen LogP) is 3.22. The Bertz CT molecular complexity index is 980. The van der Waals surface area contributed by atoms with Gasteiger partial charge in [-0.1, -0.05) is 36.4 Å². The molecule has 0 saturated heterocycles. The van der Waals surface area contributed by atoms with Gasteiger partial charge in [0.1, 0.15) is 6.04 Å². The Morgan fingerprint density at radius 3 is 2.17 bits per heavy atom. The molecule has 0 aliphatic rings. The predicted molar refractivity (Wildman–Crippen MR) is 102 cm³/mol. The number of carboxylic acids is 1. The van der Waals surface area contributed by atoms with E-state index in [4.69, 9.17) is 9.47 Å². The first-order valence-corrected chi connectivity index (χ1v) is 10.0. The van der Waals surface area contributed by atoms with Crippen LogP contribution in [0.1, 0.15) is 17.2 Å². The molecule has 2 aromatic carbocycles. The summed E-state index contributed by atoms with van der Waals surface area (Å²) in [5, 5.41) is 9.56. The maximum absolute atomic E-state index is 13.3. The first kappa shape index (κ1) is 23.5. The summed E-state index contributed by atoms with van der Waals surface area (Å²) < 4.78 is 74.5. The molecule has 1 N–H and O–H groups in total. The lowest BCUT2D eigenvalue weighted by Crippen LogP contribution is -2.46. The second kappa shape index (κ2) is 9.35. The molecule has 30 heavy (non-hydrogen) atoms. The molecule has 0 amide bonds. The van der Waals surface area contributed by atoms with Gasteiger partial charge in [-0.3, -0.25) is 4.79 Å². The Labute approximate surface area is 171 Å². The van der Waals surface area contributed by atoms with Crippen molar-refractivity contribution in [3.05, 3.63) is 59.7 Å². The van der Waals surface area contributed by atoms with E-state index in [1.165, 1.54) is 62.8 Å². The number of halogens is 3. The van der Waals surface area contributed by atoms with Crippen LogP contribution < -0.4 is 9.47 Å². The molecule has 0 aromatic heterocycles. The van der Waals surface area contributed by atoms with Gasteiger partial charge < -0.3 is 14.6 Å². The Morgan fingerprint density at radius 2 is 1.67 bits per heavy atom. The zero-order chi connectivity index (χ0) is 22.5. The van der Waals surface area contributed by atoms with Gasteiger partial charge in [0.25, 0.3) is 0 Å². The van der Waals surface area contributed by atoms with Crippen LogP contribution in [0.5, 0.6) is 11.5 Å². The number of benzene rings is 2. The second-order valence-electron chi connectivity index (χ2n) is 6.15. The summed E-state index contributed by atoms with van der Waals surface area (Å²) in [5.74, 6) is -1.03. The van der Waals surface area contributed by atoms with Crippen molar-refractivity contribution in [1.29, 1.82) is 0 Å². The summed E-state index contributed by atoms with van der Waals surface area (Å²) in [6.45, 7) is -0.719. The number of carbonyl (C=O) groups is 1. The third kappa shape index (κ3) is 5.03. The van der Waals surface area contributed by atoms with Crippen LogP contribution in [0.15, 0.2) is 48.5 Å². The maximum Gasteiger partial charge on any atom is 0.511 e. The largest absolute Gasteiger partial charge is 0.511 e. The number of aliphatic carboxylic acids is 1. The number of nitrogens with zero attached hydrogens (tertiary/aromatic N) is 1. The van der Waals surface area contributed by atoms with Gasteiger partial charge in [-0.05, 0) is 29.7 Å². The topological polar surface area (TPSA) is 93.1 Å². The second-order valence-corrected chi connectivity index (χ2v) is 8.03. The van der Waals surface area contributed by atoms with Crippen LogP contribution in [-0.2, 0) is 21.2 Å². The van der Waals surface area contributed by atoms with Crippen molar-refractivity contribution in [2.24, 2.45) is 0 Å². The van der Waals surface area contributed by atoms with Crippen molar-refractivity contribution >= 4 is 16.0 Å². The van der Waals surface area contributed by atoms with Gasteiger partial charge >= 0.3 is 21.5 Å². The number of hydrogen-bond donors (Lipinski definition) is 1. The number of ether oxygens (including phenoxy) is 2. The van der Waals surface area contributed by atoms with E-state index in [-0.39, 0.29) is 16.3 Å². The molecule has 0 aliphatic heterocycles. The van der Waals surface area contributed by atoms with Gasteiger partial charge in [0.05, 0.1) is 14.2 Å². The van der Waals surface area contributed by atoms with Crippen LogP contribution in [0, 0.1) is 0 Å². The van der Waals surface area contributed by atoms with Crippen LogP contribution in [0.2, 0.25) is 0 Å². The molecule has 0 unspecified atom stereocenters. The quantitative estimate of drug-likeness (QED) is 0.635. The fourth-order valence-corrected chi connectivity index (χ4v) is 3.95.